The van der Waals surface area contributed by atoms with Crippen molar-refractivity contribution < 1.29 is 14.3 Å². The van der Waals surface area contributed by atoms with Gasteiger partial charge in [-0.2, -0.15) is 0 Å². The molecule has 2 aromatic carbocycles. The topological polar surface area (TPSA) is 126 Å². The van der Waals surface area contributed by atoms with Crippen LogP contribution in [0.25, 0.3) is 11.3 Å². The number of rotatable bonds is 9. The summed E-state index contributed by atoms with van der Waals surface area (Å²) in [4.78, 5) is 39.2. The number of para-hydroxylation sites is 1. The molecule has 0 atom stereocenters. The number of anilines is 2. The molecule has 1 aromatic heterocycles. The molecular weight excluding hydrogens is 430 g/mol. The van der Waals surface area contributed by atoms with Crippen molar-refractivity contribution >= 4 is 35.0 Å². The second kappa shape index (κ2) is 11.1. The third-order valence-corrected chi connectivity index (χ3v) is 5.11. The quantitative estimate of drug-likeness (QED) is 0.424. The predicted octanol–water partition coefficient (Wildman–Crippen LogP) is 3.31. The zero-order chi connectivity index (χ0) is 22.9. The van der Waals surface area contributed by atoms with Gasteiger partial charge in [0.15, 0.2) is 10.9 Å². The maximum Gasteiger partial charge on any atom is 0.278 e. The van der Waals surface area contributed by atoms with E-state index in [1.54, 1.807) is 55.5 Å². The number of hydrogen-bond acceptors (Lipinski definition) is 7. The number of thioether (sulfide) groups is 1. The summed E-state index contributed by atoms with van der Waals surface area (Å²) in [6, 6.07) is 13.9. The minimum Gasteiger partial charge on any atom is -0.494 e. The molecule has 0 unspecified atom stereocenters. The average Bonchev–Trinajstić information content (AvgIpc) is 2.80. The van der Waals surface area contributed by atoms with E-state index in [0.717, 1.165) is 17.5 Å². The summed E-state index contributed by atoms with van der Waals surface area (Å²) in [5, 5.41) is 13.8. The van der Waals surface area contributed by atoms with E-state index in [9.17, 15) is 14.4 Å². The lowest BCUT2D eigenvalue weighted by Gasteiger charge is -2.09. The fourth-order valence-corrected chi connectivity index (χ4v) is 3.34. The third-order valence-electron chi connectivity index (χ3n) is 4.24. The Morgan fingerprint density at radius 2 is 1.75 bits per heavy atom. The lowest BCUT2D eigenvalue weighted by Crippen LogP contribution is -2.18. The molecule has 0 aliphatic heterocycles. The van der Waals surface area contributed by atoms with Gasteiger partial charge >= 0.3 is 0 Å². The Hall–Kier alpha value is -3.66. The Balaban J connectivity index is 1.64. The summed E-state index contributed by atoms with van der Waals surface area (Å²) in [6.45, 7) is 4.21. The van der Waals surface area contributed by atoms with E-state index in [-0.39, 0.29) is 28.4 Å². The van der Waals surface area contributed by atoms with Crippen LogP contribution in [-0.4, -0.2) is 39.4 Å². The summed E-state index contributed by atoms with van der Waals surface area (Å²) >= 11 is 1.06. The Bertz CT molecular complexity index is 1150. The molecule has 3 aromatic rings. The first-order valence-corrected chi connectivity index (χ1v) is 11.0. The summed E-state index contributed by atoms with van der Waals surface area (Å²) < 4.78 is 5.37. The molecule has 166 valence electrons. The molecule has 0 saturated heterocycles. The fraction of sp³-hybridized carbons (Fsp3) is 0.227. The van der Waals surface area contributed by atoms with Crippen molar-refractivity contribution in [3.8, 4) is 17.0 Å². The number of carbonyl (C=O) groups excluding carboxylic acids is 2. The Kier molecular flexibility index (Phi) is 7.98. The molecule has 3 N–H and O–H groups in total. The highest BCUT2D eigenvalue weighted by molar-refractivity contribution is 7.99. The third kappa shape index (κ3) is 6.17. The van der Waals surface area contributed by atoms with Crippen LogP contribution in [0.2, 0.25) is 0 Å². The molecule has 0 aliphatic rings. The maximum absolute atomic E-state index is 12.6. The zero-order valence-electron chi connectivity index (χ0n) is 17.7. The van der Waals surface area contributed by atoms with Crippen LogP contribution in [0.5, 0.6) is 5.75 Å². The van der Waals surface area contributed by atoms with Crippen LogP contribution < -0.4 is 20.9 Å². The molecular formula is C22H23N5O4S. The van der Waals surface area contributed by atoms with Gasteiger partial charge in [0, 0.05) is 17.7 Å². The average molecular weight is 454 g/mol. The highest BCUT2D eigenvalue weighted by Crippen LogP contribution is 2.24. The minimum atomic E-state index is -0.465. The van der Waals surface area contributed by atoms with Gasteiger partial charge in [0.25, 0.3) is 5.56 Å². The van der Waals surface area contributed by atoms with Crippen molar-refractivity contribution in [2.75, 3.05) is 23.0 Å². The second-order valence-corrected chi connectivity index (χ2v) is 7.51. The largest absolute Gasteiger partial charge is 0.494 e. The molecule has 32 heavy (non-hydrogen) atoms. The van der Waals surface area contributed by atoms with Crippen molar-refractivity contribution in [3.63, 3.8) is 0 Å². The predicted molar refractivity (Wildman–Crippen MR) is 124 cm³/mol. The van der Waals surface area contributed by atoms with Crippen LogP contribution in [0, 0.1) is 0 Å². The van der Waals surface area contributed by atoms with Crippen molar-refractivity contribution in [2.24, 2.45) is 0 Å². The fourth-order valence-electron chi connectivity index (χ4n) is 2.73. The molecule has 0 fully saturated rings. The molecule has 2 amide bonds. The summed E-state index contributed by atoms with van der Waals surface area (Å²) in [7, 11) is 0. The lowest BCUT2D eigenvalue weighted by atomic mass is 10.1. The maximum atomic E-state index is 12.6. The van der Waals surface area contributed by atoms with E-state index in [1.807, 2.05) is 6.92 Å². The van der Waals surface area contributed by atoms with Crippen LogP contribution in [0.1, 0.15) is 20.3 Å². The van der Waals surface area contributed by atoms with Gasteiger partial charge in [-0.15, -0.1) is 10.2 Å². The van der Waals surface area contributed by atoms with Crippen molar-refractivity contribution in [1.29, 1.82) is 0 Å². The number of aromatic nitrogens is 3. The van der Waals surface area contributed by atoms with E-state index in [4.69, 9.17) is 4.74 Å². The molecule has 9 nitrogen and oxygen atoms in total. The van der Waals surface area contributed by atoms with Crippen LogP contribution in [0.15, 0.2) is 58.5 Å². The van der Waals surface area contributed by atoms with E-state index < -0.39 is 5.56 Å². The first-order valence-electron chi connectivity index (χ1n) is 10.0. The Labute approximate surface area is 189 Å². The number of nitrogens with zero attached hydrogens (tertiary/aromatic N) is 2. The number of benzene rings is 2. The van der Waals surface area contributed by atoms with Crippen LogP contribution in [0.3, 0.4) is 0 Å². The van der Waals surface area contributed by atoms with Gasteiger partial charge in [-0.05, 0) is 37.3 Å². The Morgan fingerprint density at radius 3 is 2.44 bits per heavy atom. The highest BCUT2D eigenvalue weighted by Gasteiger charge is 2.14. The summed E-state index contributed by atoms with van der Waals surface area (Å²) in [5.41, 5.74) is 1.20. The van der Waals surface area contributed by atoms with Gasteiger partial charge in [-0.25, -0.2) is 0 Å². The zero-order valence-corrected chi connectivity index (χ0v) is 18.5. The SMILES string of the molecule is CCOc1ccc(NC(=O)CSc2nnc(-c3ccccc3NC(=O)CC)c(=O)[nH]2)cc1. The molecule has 0 radical (unpaired) electrons. The lowest BCUT2D eigenvalue weighted by molar-refractivity contribution is -0.116. The molecule has 3 rings (SSSR count). The number of carbonyl (C=O) groups is 2. The minimum absolute atomic E-state index is 0.0420. The first kappa shape index (κ1) is 23.0. The van der Waals surface area contributed by atoms with E-state index in [2.05, 4.69) is 25.8 Å². The summed E-state index contributed by atoms with van der Waals surface area (Å²) in [6.07, 6.45) is 0.310. The molecule has 0 bridgehead atoms. The molecule has 0 saturated carbocycles. The van der Waals surface area contributed by atoms with Crippen LogP contribution >= 0.6 is 11.8 Å². The molecule has 1 heterocycles. The number of hydrogen-bond donors (Lipinski definition) is 3. The monoisotopic (exact) mass is 453 g/mol. The number of nitrogens with one attached hydrogen (secondary N) is 3. The van der Waals surface area contributed by atoms with Crippen molar-refractivity contribution in [2.45, 2.75) is 25.4 Å². The van der Waals surface area contributed by atoms with Gasteiger partial charge in [0.2, 0.25) is 11.8 Å². The van der Waals surface area contributed by atoms with Gasteiger partial charge in [-0.3, -0.25) is 19.4 Å². The molecule has 0 aliphatic carbocycles. The molecule has 10 heteroatoms. The first-order chi connectivity index (χ1) is 15.5. The van der Waals surface area contributed by atoms with Crippen molar-refractivity contribution in [1.82, 2.24) is 15.2 Å². The van der Waals surface area contributed by atoms with Crippen molar-refractivity contribution in [3.05, 3.63) is 58.9 Å². The van der Waals surface area contributed by atoms with Crippen LogP contribution in [0.4, 0.5) is 11.4 Å². The Morgan fingerprint density at radius 1 is 1.00 bits per heavy atom. The molecule has 0 spiro atoms. The van der Waals surface area contributed by atoms with E-state index in [1.165, 1.54) is 0 Å². The van der Waals surface area contributed by atoms with Crippen LogP contribution in [-0.2, 0) is 9.59 Å². The van der Waals surface area contributed by atoms with Gasteiger partial charge in [0.05, 0.1) is 18.0 Å². The van der Waals surface area contributed by atoms with E-state index >= 15 is 0 Å². The van der Waals surface area contributed by atoms with Gasteiger partial charge in [0.1, 0.15) is 5.75 Å². The van der Waals surface area contributed by atoms with Gasteiger partial charge in [-0.1, -0.05) is 36.9 Å². The number of aromatic amines is 1. The second-order valence-electron chi connectivity index (χ2n) is 6.55. The number of ether oxygens (including phenoxy) is 1. The van der Waals surface area contributed by atoms with E-state index in [0.29, 0.717) is 30.0 Å². The normalized spacial score (nSPS) is 10.4. The number of amides is 2. The van der Waals surface area contributed by atoms with Gasteiger partial charge < -0.3 is 15.4 Å². The summed E-state index contributed by atoms with van der Waals surface area (Å²) in [5.74, 6) is 0.343. The highest BCUT2D eigenvalue weighted by atomic mass is 32.2. The standard InChI is InChI=1S/C22H23N5O4S/c1-3-18(28)24-17-8-6-5-7-16(17)20-21(30)25-22(27-26-20)32-13-19(29)23-14-9-11-15(12-10-14)31-4-2/h5-12H,3-4,13H2,1-2H3,(H,23,29)(H,24,28)(H,25,27,30). The smallest absolute Gasteiger partial charge is 0.278 e. The number of H-pyrrole nitrogens is 1.